The second-order valence-electron chi connectivity index (χ2n) is 5.02. The number of nitrogens with zero attached hydrogens (tertiary/aromatic N) is 2. The Labute approximate surface area is 121 Å². The second kappa shape index (κ2) is 6.52. The molecule has 0 saturated heterocycles. The van der Waals surface area contributed by atoms with Gasteiger partial charge in [-0.25, -0.2) is 8.78 Å². The van der Waals surface area contributed by atoms with Gasteiger partial charge in [-0.05, 0) is 19.3 Å². The fourth-order valence-corrected chi connectivity index (χ4v) is 2.45. The van der Waals surface area contributed by atoms with E-state index in [-0.39, 0.29) is 23.4 Å². The Morgan fingerprint density at radius 1 is 1.55 bits per heavy atom. The van der Waals surface area contributed by atoms with Gasteiger partial charge in [-0.15, -0.1) is 0 Å². The maximum absolute atomic E-state index is 12.8. The van der Waals surface area contributed by atoms with Gasteiger partial charge in [0, 0.05) is 12.5 Å². The minimum atomic E-state index is -2.72. The van der Waals surface area contributed by atoms with Crippen LogP contribution < -0.4 is 5.32 Å². The number of alkyl halides is 2. The molecular formula is C13H18ClF2N3O. The van der Waals surface area contributed by atoms with Crippen LogP contribution in [0.5, 0.6) is 0 Å². The van der Waals surface area contributed by atoms with Gasteiger partial charge in [0.1, 0.15) is 12.2 Å². The Kier molecular flexibility index (Phi) is 4.96. The normalized spacial score (nSPS) is 14.8. The van der Waals surface area contributed by atoms with Crippen LogP contribution in [0.4, 0.5) is 8.78 Å². The van der Waals surface area contributed by atoms with Crippen LogP contribution in [0.3, 0.4) is 0 Å². The Morgan fingerprint density at radius 3 is 2.80 bits per heavy atom. The SMILES string of the molecule is CCCCNC(=O)Cn1nc(C(F)F)c(Cl)c1C1CC1. The number of rotatable bonds is 7. The summed E-state index contributed by atoms with van der Waals surface area (Å²) in [4.78, 5) is 11.8. The molecule has 0 aliphatic heterocycles. The molecule has 1 heterocycles. The maximum atomic E-state index is 12.8. The summed E-state index contributed by atoms with van der Waals surface area (Å²) in [6, 6.07) is 0. The molecule has 1 fully saturated rings. The van der Waals surface area contributed by atoms with E-state index in [4.69, 9.17) is 11.6 Å². The third kappa shape index (κ3) is 3.48. The number of nitrogens with one attached hydrogen (secondary N) is 1. The average Bonchev–Trinajstić information content (AvgIpc) is 3.15. The fraction of sp³-hybridized carbons (Fsp3) is 0.692. The Hall–Kier alpha value is -1.17. The van der Waals surface area contributed by atoms with Crippen LogP contribution in [-0.2, 0) is 11.3 Å². The monoisotopic (exact) mass is 305 g/mol. The van der Waals surface area contributed by atoms with Crippen LogP contribution in [0.2, 0.25) is 5.02 Å². The van der Waals surface area contributed by atoms with Gasteiger partial charge in [-0.3, -0.25) is 9.48 Å². The van der Waals surface area contributed by atoms with Crippen LogP contribution in [-0.4, -0.2) is 22.2 Å². The predicted octanol–water partition coefficient (Wildman–Crippen LogP) is 3.27. The summed E-state index contributed by atoms with van der Waals surface area (Å²) in [7, 11) is 0. The third-order valence-electron chi connectivity index (χ3n) is 3.27. The topological polar surface area (TPSA) is 46.9 Å². The quantitative estimate of drug-likeness (QED) is 0.786. The highest BCUT2D eigenvalue weighted by molar-refractivity contribution is 6.32. The van der Waals surface area contributed by atoms with E-state index in [0.717, 1.165) is 25.7 Å². The van der Waals surface area contributed by atoms with Crippen LogP contribution in [0.1, 0.15) is 56.3 Å². The van der Waals surface area contributed by atoms with E-state index >= 15 is 0 Å². The van der Waals surface area contributed by atoms with Gasteiger partial charge in [0.2, 0.25) is 5.91 Å². The number of aromatic nitrogens is 2. The van der Waals surface area contributed by atoms with Crippen molar-refractivity contribution in [2.45, 2.75) is 51.5 Å². The van der Waals surface area contributed by atoms with Gasteiger partial charge < -0.3 is 5.32 Å². The molecule has 1 aromatic rings. The molecule has 0 radical (unpaired) electrons. The Bertz CT molecular complexity index is 486. The summed E-state index contributed by atoms with van der Waals surface area (Å²) in [6.45, 7) is 2.56. The van der Waals surface area contributed by atoms with Crippen molar-refractivity contribution in [3.63, 3.8) is 0 Å². The standard InChI is InChI=1S/C13H18ClF2N3O/c1-2-3-6-17-9(20)7-19-12(8-4-5-8)10(14)11(18-19)13(15)16/h8,13H,2-7H2,1H3,(H,17,20). The van der Waals surface area contributed by atoms with Crippen molar-refractivity contribution >= 4 is 17.5 Å². The zero-order valence-corrected chi connectivity index (χ0v) is 12.1. The van der Waals surface area contributed by atoms with Crippen LogP contribution in [0.25, 0.3) is 0 Å². The lowest BCUT2D eigenvalue weighted by Gasteiger charge is -2.07. The van der Waals surface area contributed by atoms with Crippen molar-refractivity contribution in [1.29, 1.82) is 0 Å². The number of carbonyl (C=O) groups is 1. The van der Waals surface area contributed by atoms with E-state index in [1.54, 1.807) is 0 Å². The van der Waals surface area contributed by atoms with E-state index in [2.05, 4.69) is 10.4 Å². The lowest BCUT2D eigenvalue weighted by Crippen LogP contribution is -2.29. The van der Waals surface area contributed by atoms with E-state index in [1.165, 1.54) is 4.68 Å². The second-order valence-corrected chi connectivity index (χ2v) is 5.40. The largest absolute Gasteiger partial charge is 0.354 e. The van der Waals surface area contributed by atoms with E-state index in [0.29, 0.717) is 12.2 Å². The summed E-state index contributed by atoms with van der Waals surface area (Å²) in [5.41, 5.74) is 0.155. The molecule has 1 saturated carbocycles. The van der Waals surface area contributed by atoms with Gasteiger partial charge in [-0.1, -0.05) is 24.9 Å². The molecule has 1 amide bonds. The van der Waals surface area contributed by atoms with Crippen LogP contribution >= 0.6 is 11.6 Å². The lowest BCUT2D eigenvalue weighted by molar-refractivity contribution is -0.121. The van der Waals surface area contributed by atoms with E-state index < -0.39 is 12.1 Å². The molecule has 0 spiro atoms. The molecule has 1 aromatic heterocycles. The van der Waals surface area contributed by atoms with Crippen molar-refractivity contribution in [2.75, 3.05) is 6.54 Å². The summed E-state index contributed by atoms with van der Waals surface area (Å²) in [6.07, 6.45) is 0.974. The average molecular weight is 306 g/mol. The number of unbranched alkanes of at least 4 members (excludes halogenated alkanes) is 1. The minimum absolute atomic E-state index is 0.0175. The highest BCUT2D eigenvalue weighted by Crippen LogP contribution is 2.45. The summed E-state index contributed by atoms with van der Waals surface area (Å²) >= 11 is 5.97. The van der Waals surface area contributed by atoms with Gasteiger partial charge in [0.25, 0.3) is 6.43 Å². The first-order valence-corrected chi connectivity index (χ1v) is 7.23. The van der Waals surface area contributed by atoms with Gasteiger partial charge in [0.15, 0.2) is 0 Å². The first-order chi connectivity index (χ1) is 9.54. The zero-order valence-electron chi connectivity index (χ0n) is 11.3. The number of halogens is 3. The molecular weight excluding hydrogens is 288 g/mol. The molecule has 1 aliphatic rings. The molecule has 2 rings (SSSR count). The summed E-state index contributed by atoms with van der Waals surface area (Å²) < 4.78 is 27.0. The smallest absolute Gasteiger partial charge is 0.283 e. The number of hydrogen-bond acceptors (Lipinski definition) is 2. The van der Waals surface area contributed by atoms with Gasteiger partial charge >= 0.3 is 0 Å². The Balaban J connectivity index is 2.10. The van der Waals surface area contributed by atoms with Gasteiger partial charge in [0.05, 0.1) is 10.7 Å². The minimum Gasteiger partial charge on any atom is -0.354 e. The van der Waals surface area contributed by atoms with E-state index in [9.17, 15) is 13.6 Å². The molecule has 0 aromatic carbocycles. The number of amides is 1. The zero-order chi connectivity index (χ0) is 14.7. The Morgan fingerprint density at radius 2 is 2.25 bits per heavy atom. The molecule has 112 valence electrons. The first-order valence-electron chi connectivity index (χ1n) is 6.85. The predicted molar refractivity (Wildman–Crippen MR) is 72.1 cm³/mol. The van der Waals surface area contributed by atoms with Gasteiger partial charge in [-0.2, -0.15) is 5.10 Å². The lowest BCUT2D eigenvalue weighted by atomic mass is 10.2. The van der Waals surface area contributed by atoms with Crippen LogP contribution in [0.15, 0.2) is 0 Å². The third-order valence-corrected chi connectivity index (χ3v) is 3.66. The molecule has 20 heavy (non-hydrogen) atoms. The van der Waals surface area contributed by atoms with Crippen molar-refractivity contribution < 1.29 is 13.6 Å². The van der Waals surface area contributed by atoms with Crippen molar-refractivity contribution in [3.8, 4) is 0 Å². The molecule has 0 atom stereocenters. The molecule has 1 N–H and O–H groups in total. The molecule has 0 bridgehead atoms. The number of carbonyl (C=O) groups excluding carboxylic acids is 1. The van der Waals surface area contributed by atoms with Crippen molar-refractivity contribution in [3.05, 3.63) is 16.4 Å². The highest BCUT2D eigenvalue weighted by atomic mass is 35.5. The fourth-order valence-electron chi connectivity index (χ4n) is 2.08. The summed E-state index contributed by atoms with van der Waals surface area (Å²) in [5.74, 6) is -0.0636. The maximum Gasteiger partial charge on any atom is 0.283 e. The van der Waals surface area contributed by atoms with Crippen molar-refractivity contribution in [2.24, 2.45) is 0 Å². The summed E-state index contributed by atoms with van der Waals surface area (Å²) in [5, 5.41) is 6.58. The number of hydrogen-bond donors (Lipinski definition) is 1. The van der Waals surface area contributed by atoms with Crippen molar-refractivity contribution in [1.82, 2.24) is 15.1 Å². The van der Waals surface area contributed by atoms with Crippen LogP contribution in [0, 0.1) is 0 Å². The molecule has 4 nitrogen and oxygen atoms in total. The highest BCUT2D eigenvalue weighted by Gasteiger charge is 2.34. The van der Waals surface area contributed by atoms with E-state index in [1.807, 2.05) is 6.92 Å². The first kappa shape index (κ1) is 15.2. The molecule has 7 heteroatoms. The molecule has 1 aliphatic carbocycles. The molecule has 0 unspecified atom stereocenters.